The van der Waals surface area contributed by atoms with Crippen molar-refractivity contribution in [3.8, 4) is 0 Å². The molecular weight excluding hydrogens is 264 g/mol. The van der Waals surface area contributed by atoms with E-state index in [4.69, 9.17) is 0 Å². The van der Waals surface area contributed by atoms with Crippen LogP contribution in [0.15, 0.2) is 0 Å². The summed E-state index contributed by atoms with van der Waals surface area (Å²) in [4.78, 5) is 27.1. The van der Waals surface area contributed by atoms with Crippen LogP contribution in [0, 0.1) is 5.92 Å². The number of nitrogens with zero attached hydrogens (tertiary/aromatic N) is 1. The second-order valence-electron chi connectivity index (χ2n) is 6.88. The van der Waals surface area contributed by atoms with Gasteiger partial charge >= 0.3 is 0 Å². The maximum Gasteiger partial charge on any atom is 0.248 e. The predicted molar refractivity (Wildman–Crippen MR) is 85.9 cm³/mol. The van der Waals surface area contributed by atoms with E-state index in [1.54, 1.807) is 0 Å². The molecule has 0 bridgehead atoms. The van der Waals surface area contributed by atoms with Crippen molar-refractivity contribution in [1.29, 1.82) is 0 Å². The minimum Gasteiger partial charge on any atom is -0.340 e. The molecule has 4 nitrogen and oxygen atoms in total. The number of carbonyl (C=O) groups excluding carboxylic acids is 2. The Hall–Kier alpha value is -1.06. The van der Waals surface area contributed by atoms with Gasteiger partial charge in [-0.05, 0) is 32.1 Å². The highest BCUT2D eigenvalue weighted by atomic mass is 16.2. The number of hydrogen-bond donors (Lipinski definition) is 1. The van der Waals surface area contributed by atoms with Gasteiger partial charge in [0.25, 0.3) is 0 Å². The van der Waals surface area contributed by atoms with E-state index in [9.17, 15) is 9.59 Å². The van der Waals surface area contributed by atoms with Crippen LogP contribution >= 0.6 is 0 Å². The Kier molecular flexibility index (Phi) is 6.69. The van der Waals surface area contributed by atoms with Crippen molar-refractivity contribution in [2.45, 2.75) is 84.7 Å². The van der Waals surface area contributed by atoms with Crippen molar-refractivity contribution in [2.24, 2.45) is 5.92 Å². The standard InChI is InChI=1S/C17H32N2O2/c1-6-8-9-10-11-19-14(12-13(3)4)15(20)18-17(5,7-2)16(19)21/h13-14H,6-12H2,1-5H3,(H,18,20). The van der Waals surface area contributed by atoms with Crippen LogP contribution in [-0.4, -0.2) is 34.8 Å². The number of rotatable bonds is 8. The molecule has 1 N–H and O–H groups in total. The monoisotopic (exact) mass is 296 g/mol. The minimum absolute atomic E-state index is 0.0168. The number of unbranched alkanes of at least 4 members (excludes halogenated alkanes) is 3. The fraction of sp³-hybridized carbons (Fsp3) is 0.882. The molecule has 0 aromatic heterocycles. The fourth-order valence-electron chi connectivity index (χ4n) is 2.90. The van der Waals surface area contributed by atoms with E-state index in [0.29, 0.717) is 18.9 Å². The lowest BCUT2D eigenvalue weighted by molar-refractivity contribution is -0.155. The number of piperazine rings is 1. The van der Waals surface area contributed by atoms with Crippen molar-refractivity contribution in [2.75, 3.05) is 6.54 Å². The van der Waals surface area contributed by atoms with Crippen LogP contribution in [0.3, 0.4) is 0 Å². The summed E-state index contributed by atoms with van der Waals surface area (Å²) in [6.45, 7) is 10.9. The van der Waals surface area contributed by atoms with Crippen molar-refractivity contribution in [3.05, 3.63) is 0 Å². The van der Waals surface area contributed by atoms with Crippen LogP contribution < -0.4 is 5.32 Å². The van der Waals surface area contributed by atoms with Gasteiger partial charge in [-0.1, -0.05) is 47.0 Å². The molecule has 1 aliphatic heterocycles. The Bertz CT molecular complexity index is 368. The van der Waals surface area contributed by atoms with Gasteiger partial charge < -0.3 is 10.2 Å². The molecule has 0 spiro atoms. The average Bonchev–Trinajstić information content (AvgIpc) is 2.43. The van der Waals surface area contributed by atoms with Gasteiger partial charge in [-0.15, -0.1) is 0 Å². The third-order valence-electron chi connectivity index (χ3n) is 4.47. The minimum atomic E-state index is -0.727. The first-order valence-corrected chi connectivity index (χ1v) is 8.48. The third kappa shape index (κ3) is 4.45. The Labute approximate surface area is 129 Å². The van der Waals surface area contributed by atoms with Crippen molar-refractivity contribution in [3.63, 3.8) is 0 Å². The van der Waals surface area contributed by atoms with Gasteiger partial charge in [0.1, 0.15) is 11.6 Å². The first kappa shape index (κ1) is 18.0. The van der Waals surface area contributed by atoms with Gasteiger partial charge in [0.05, 0.1) is 0 Å². The lowest BCUT2D eigenvalue weighted by Crippen LogP contribution is -2.69. The van der Waals surface area contributed by atoms with E-state index in [1.807, 2.05) is 18.7 Å². The second-order valence-corrected chi connectivity index (χ2v) is 6.88. The molecule has 0 saturated carbocycles. The smallest absolute Gasteiger partial charge is 0.248 e. The quantitative estimate of drug-likeness (QED) is 0.700. The van der Waals surface area contributed by atoms with E-state index in [1.165, 1.54) is 12.8 Å². The maximum absolute atomic E-state index is 12.8. The SMILES string of the molecule is CCCCCCN1C(=O)C(C)(CC)NC(=O)C1CC(C)C. The van der Waals surface area contributed by atoms with E-state index < -0.39 is 5.54 Å². The zero-order valence-corrected chi connectivity index (χ0v) is 14.4. The maximum atomic E-state index is 12.8. The summed E-state index contributed by atoms with van der Waals surface area (Å²) in [7, 11) is 0. The summed E-state index contributed by atoms with van der Waals surface area (Å²) >= 11 is 0. The lowest BCUT2D eigenvalue weighted by atomic mass is 9.89. The highest BCUT2D eigenvalue weighted by Crippen LogP contribution is 2.25. The van der Waals surface area contributed by atoms with Gasteiger partial charge in [0.2, 0.25) is 11.8 Å². The van der Waals surface area contributed by atoms with Crippen LogP contribution in [0.1, 0.15) is 73.1 Å². The zero-order valence-electron chi connectivity index (χ0n) is 14.4. The Morgan fingerprint density at radius 2 is 1.86 bits per heavy atom. The number of hydrogen-bond acceptors (Lipinski definition) is 2. The van der Waals surface area contributed by atoms with Crippen LogP contribution in [-0.2, 0) is 9.59 Å². The molecule has 4 heteroatoms. The Morgan fingerprint density at radius 1 is 1.19 bits per heavy atom. The normalized spacial score (nSPS) is 26.4. The molecule has 2 amide bonds. The largest absolute Gasteiger partial charge is 0.340 e. The van der Waals surface area contributed by atoms with Crippen LogP contribution in [0.25, 0.3) is 0 Å². The summed E-state index contributed by atoms with van der Waals surface area (Å²) in [6.07, 6.45) is 5.85. The fourth-order valence-corrected chi connectivity index (χ4v) is 2.90. The topological polar surface area (TPSA) is 49.4 Å². The average molecular weight is 296 g/mol. The molecule has 1 fully saturated rings. The summed E-state index contributed by atoms with van der Waals surface area (Å²) in [6, 6.07) is -0.293. The number of carbonyl (C=O) groups is 2. The summed E-state index contributed by atoms with van der Waals surface area (Å²) < 4.78 is 0. The molecule has 21 heavy (non-hydrogen) atoms. The van der Waals surface area contributed by atoms with Gasteiger partial charge in [0, 0.05) is 6.54 Å². The highest BCUT2D eigenvalue weighted by Gasteiger charge is 2.46. The Morgan fingerprint density at radius 3 is 2.38 bits per heavy atom. The number of nitrogens with one attached hydrogen (secondary N) is 1. The first-order valence-electron chi connectivity index (χ1n) is 8.48. The van der Waals surface area contributed by atoms with Gasteiger partial charge in [-0.2, -0.15) is 0 Å². The van der Waals surface area contributed by atoms with E-state index in [0.717, 1.165) is 19.3 Å². The molecule has 1 rings (SSSR count). The predicted octanol–water partition coefficient (Wildman–Crippen LogP) is 3.11. The summed E-state index contributed by atoms with van der Waals surface area (Å²) in [5.74, 6) is 0.507. The molecular formula is C17H32N2O2. The van der Waals surface area contributed by atoms with Crippen LogP contribution in [0.2, 0.25) is 0 Å². The molecule has 0 aromatic carbocycles. The summed E-state index contributed by atoms with van der Waals surface area (Å²) in [5, 5.41) is 2.95. The van der Waals surface area contributed by atoms with Crippen molar-refractivity contribution in [1.82, 2.24) is 10.2 Å². The molecule has 1 heterocycles. The van der Waals surface area contributed by atoms with E-state index >= 15 is 0 Å². The Balaban J connectivity index is 2.84. The van der Waals surface area contributed by atoms with Gasteiger partial charge in [-0.3, -0.25) is 9.59 Å². The molecule has 2 unspecified atom stereocenters. The third-order valence-corrected chi connectivity index (χ3v) is 4.47. The van der Waals surface area contributed by atoms with Crippen LogP contribution in [0.4, 0.5) is 0 Å². The number of amides is 2. The zero-order chi connectivity index (χ0) is 16.0. The van der Waals surface area contributed by atoms with Crippen molar-refractivity contribution >= 4 is 11.8 Å². The molecule has 1 saturated heterocycles. The molecule has 1 aliphatic rings. The molecule has 0 aliphatic carbocycles. The summed E-state index contributed by atoms with van der Waals surface area (Å²) in [5.41, 5.74) is -0.727. The van der Waals surface area contributed by atoms with Gasteiger partial charge in [-0.25, -0.2) is 0 Å². The van der Waals surface area contributed by atoms with E-state index in [-0.39, 0.29) is 17.9 Å². The highest BCUT2D eigenvalue weighted by molar-refractivity contribution is 5.99. The lowest BCUT2D eigenvalue weighted by Gasteiger charge is -2.44. The van der Waals surface area contributed by atoms with Crippen LogP contribution in [0.5, 0.6) is 0 Å². The van der Waals surface area contributed by atoms with Gasteiger partial charge in [0.15, 0.2) is 0 Å². The van der Waals surface area contributed by atoms with E-state index in [2.05, 4.69) is 26.1 Å². The molecule has 0 radical (unpaired) electrons. The second kappa shape index (κ2) is 7.81. The molecule has 2 atom stereocenters. The first-order chi connectivity index (χ1) is 9.85. The van der Waals surface area contributed by atoms with Crippen molar-refractivity contribution < 1.29 is 9.59 Å². The molecule has 122 valence electrons. The molecule has 0 aromatic rings.